The molecule has 2 aliphatic carbocycles. The van der Waals surface area contributed by atoms with Crippen molar-refractivity contribution in [1.82, 2.24) is 0 Å². The largest absolute Gasteiger partial charge is 0.281 e. The first-order valence-corrected chi connectivity index (χ1v) is 10.5. The molecule has 1 fully saturated rings. The summed E-state index contributed by atoms with van der Waals surface area (Å²) >= 11 is 18.9. The van der Waals surface area contributed by atoms with Gasteiger partial charge in [0.2, 0.25) is 0 Å². The lowest BCUT2D eigenvalue weighted by molar-refractivity contribution is 0.0993. The highest BCUT2D eigenvalue weighted by Crippen LogP contribution is 2.43. The van der Waals surface area contributed by atoms with Crippen LogP contribution >= 0.6 is 34.8 Å². The molecule has 0 aromatic heterocycles. The van der Waals surface area contributed by atoms with Gasteiger partial charge < -0.3 is 0 Å². The monoisotopic (exact) mass is 431 g/mol. The third kappa shape index (κ3) is 4.00. The molecule has 1 amide bonds. The van der Waals surface area contributed by atoms with Crippen LogP contribution in [0.15, 0.2) is 60.3 Å². The number of benzene rings is 2. The quantitative estimate of drug-likeness (QED) is 0.490. The second kappa shape index (κ2) is 7.94. The number of carbonyl (C=O) groups excluding carboxylic acids is 1. The summed E-state index contributed by atoms with van der Waals surface area (Å²) in [5, 5.41) is 1.48. The van der Waals surface area contributed by atoms with Crippen LogP contribution in [0.2, 0.25) is 15.1 Å². The van der Waals surface area contributed by atoms with Crippen LogP contribution in [0.25, 0.3) is 0 Å². The Labute approximate surface area is 180 Å². The molecule has 2 aliphatic rings. The van der Waals surface area contributed by atoms with E-state index in [1.807, 2.05) is 31.2 Å². The van der Waals surface area contributed by atoms with Crippen LogP contribution in [0.4, 0.5) is 5.69 Å². The van der Waals surface area contributed by atoms with Crippen molar-refractivity contribution in [2.75, 3.05) is 4.90 Å². The summed E-state index contributed by atoms with van der Waals surface area (Å²) in [4.78, 5) is 15.3. The van der Waals surface area contributed by atoms with Crippen molar-refractivity contribution in [3.05, 3.63) is 86.5 Å². The van der Waals surface area contributed by atoms with Gasteiger partial charge in [0.15, 0.2) is 0 Å². The first-order chi connectivity index (χ1) is 13.4. The molecule has 0 saturated heterocycles. The van der Waals surface area contributed by atoms with Gasteiger partial charge in [-0.2, -0.15) is 0 Å². The molecule has 5 heteroatoms. The van der Waals surface area contributed by atoms with Crippen LogP contribution in [0.5, 0.6) is 0 Å². The van der Waals surface area contributed by atoms with Crippen LogP contribution in [0.3, 0.4) is 0 Å². The van der Waals surface area contributed by atoms with Gasteiger partial charge in [-0.1, -0.05) is 53.0 Å². The van der Waals surface area contributed by atoms with Crippen molar-refractivity contribution in [2.45, 2.75) is 26.2 Å². The molecule has 144 valence electrons. The van der Waals surface area contributed by atoms with Gasteiger partial charge in [0.05, 0.1) is 16.3 Å². The van der Waals surface area contributed by atoms with Gasteiger partial charge in [0.25, 0.3) is 5.91 Å². The first kappa shape index (κ1) is 19.6. The molecule has 2 aromatic rings. The van der Waals surface area contributed by atoms with E-state index in [-0.39, 0.29) is 5.91 Å². The normalized spacial score (nSPS) is 18.7. The maximum absolute atomic E-state index is 13.6. The summed E-state index contributed by atoms with van der Waals surface area (Å²) in [6, 6.07) is 10.6. The maximum Gasteiger partial charge on any atom is 0.264 e. The van der Waals surface area contributed by atoms with E-state index >= 15 is 0 Å². The Morgan fingerprint density at radius 3 is 2.54 bits per heavy atom. The highest BCUT2D eigenvalue weighted by Gasteiger charge is 2.33. The topological polar surface area (TPSA) is 20.3 Å². The average Bonchev–Trinajstić information content (AvgIpc) is 3.52. The molecule has 0 heterocycles. The van der Waals surface area contributed by atoms with Crippen molar-refractivity contribution in [2.24, 2.45) is 11.8 Å². The Hall–Kier alpha value is -1.74. The van der Waals surface area contributed by atoms with Crippen molar-refractivity contribution < 1.29 is 4.79 Å². The number of anilines is 1. The first-order valence-electron chi connectivity index (χ1n) is 9.37. The number of amides is 1. The Kier molecular flexibility index (Phi) is 5.55. The number of allylic oxidation sites excluding steroid dienone is 4. The molecule has 2 aromatic carbocycles. The van der Waals surface area contributed by atoms with Crippen molar-refractivity contribution in [3.63, 3.8) is 0 Å². The van der Waals surface area contributed by atoms with Crippen molar-refractivity contribution in [3.8, 4) is 0 Å². The SMILES string of the molecule is Cc1ccc(N(C(=O)c2cc(Cl)ccc2Cl)C2=CC=CC(C3CC3)C2)cc1Cl. The van der Waals surface area contributed by atoms with Gasteiger partial charge >= 0.3 is 0 Å². The van der Waals surface area contributed by atoms with Gasteiger partial charge in [-0.05, 0) is 80.0 Å². The Balaban J connectivity index is 1.78. The fourth-order valence-corrected chi connectivity index (χ4v) is 4.16. The highest BCUT2D eigenvalue weighted by atomic mass is 35.5. The average molecular weight is 433 g/mol. The number of hydrogen-bond acceptors (Lipinski definition) is 1. The molecule has 0 N–H and O–H groups in total. The van der Waals surface area contributed by atoms with Crippen LogP contribution in [0, 0.1) is 18.8 Å². The summed E-state index contributed by atoms with van der Waals surface area (Å²) < 4.78 is 0. The van der Waals surface area contributed by atoms with Crippen molar-refractivity contribution >= 4 is 46.4 Å². The minimum Gasteiger partial charge on any atom is -0.281 e. The summed E-state index contributed by atoms with van der Waals surface area (Å²) in [6.07, 6.45) is 9.63. The second-order valence-electron chi connectivity index (χ2n) is 7.45. The molecular formula is C23H20Cl3NO. The lowest BCUT2D eigenvalue weighted by Crippen LogP contribution is -2.32. The van der Waals surface area contributed by atoms with Crippen LogP contribution in [-0.2, 0) is 0 Å². The van der Waals surface area contributed by atoms with E-state index in [0.717, 1.165) is 23.4 Å². The van der Waals surface area contributed by atoms with Gasteiger partial charge in [-0.3, -0.25) is 9.69 Å². The molecule has 0 bridgehead atoms. The number of rotatable bonds is 4. The fraction of sp³-hybridized carbons (Fsp3) is 0.261. The minimum atomic E-state index is -0.205. The zero-order valence-corrected chi connectivity index (χ0v) is 17.7. The molecule has 1 unspecified atom stereocenters. The van der Waals surface area contributed by atoms with Crippen LogP contribution in [-0.4, -0.2) is 5.91 Å². The summed E-state index contributed by atoms with van der Waals surface area (Å²) in [5.41, 5.74) is 3.02. The third-order valence-corrected chi connectivity index (χ3v) is 6.35. The smallest absolute Gasteiger partial charge is 0.264 e. The molecular weight excluding hydrogens is 413 g/mol. The predicted octanol–water partition coefficient (Wildman–Crippen LogP) is 7.47. The van der Waals surface area contributed by atoms with Gasteiger partial charge in [-0.15, -0.1) is 0 Å². The molecule has 0 spiro atoms. The van der Waals surface area contributed by atoms with E-state index in [4.69, 9.17) is 34.8 Å². The maximum atomic E-state index is 13.6. The predicted molar refractivity (Wildman–Crippen MR) is 118 cm³/mol. The van der Waals surface area contributed by atoms with Gasteiger partial charge in [0, 0.05) is 15.7 Å². The lowest BCUT2D eigenvalue weighted by Gasteiger charge is -2.30. The fourth-order valence-electron chi connectivity index (χ4n) is 3.62. The molecule has 4 rings (SSSR count). The number of carbonyl (C=O) groups is 1. The molecule has 1 atom stereocenters. The van der Waals surface area contributed by atoms with Crippen LogP contribution in [0.1, 0.15) is 35.2 Å². The van der Waals surface area contributed by atoms with Gasteiger partial charge in [-0.25, -0.2) is 0 Å². The molecule has 2 nitrogen and oxygen atoms in total. The molecule has 0 radical (unpaired) electrons. The standard InChI is InChI=1S/C23H20Cl3NO/c1-14-5-9-19(13-22(14)26)27(18-4-2-3-16(11-18)15-6-7-15)23(28)20-12-17(24)8-10-21(20)25/h2-5,8-10,12-13,15-16H,6-7,11H2,1H3. The summed E-state index contributed by atoms with van der Waals surface area (Å²) in [6.45, 7) is 1.94. The summed E-state index contributed by atoms with van der Waals surface area (Å²) in [5.74, 6) is 0.975. The molecule has 1 saturated carbocycles. The Morgan fingerprint density at radius 2 is 1.82 bits per heavy atom. The van der Waals surface area contributed by atoms with Crippen molar-refractivity contribution in [1.29, 1.82) is 0 Å². The van der Waals surface area contributed by atoms with E-state index in [1.165, 1.54) is 12.8 Å². The van der Waals surface area contributed by atoms with E-state index in [9.17, 15) is 4.79 Å². The minimum absolute atomic E-state index is 0.205. The summed E-state index contributed by atoms with van der Waals surface area (Å²) in [7, 11) is 0. The third-order valence-electron chi connectivity index (χ3n) is 5.38. The number of nitrogens with zero attached hydrogens (tertiary/aromatic N) is 1. The van der Waals surface area contributed by atoms with Gasteiger partial charge in [0.1, 0.15) is 0 Å². The zero-order chi connectivity index (χ0) is 19.8. The number of halogens is 3. The Morgan fingerprint density at radius 1 is 1.04 bits per heavy atom. The zero-order valence-electron chi connectivity index (χ0n) is 15.5. The highest BCUT2D eigenvalue weighted by molar-refractivity contribution is 6.36. The van der Waals surface area contributed by atoms with E-state index < -0.39 is 0 Å². The lowest BCUT2D eigenvalue weighted by atomic mass is 9.92. The second-order valence-corrected chi connectivity index (χ2v) is 8.70. The van der Waals surface area contributed by atoms with E-state index in [1.54, 1.807) is 23.1 Å². The molecule has 0 aliphatic heterocycles. The number of aryl methyl sites for hydroxylation is 1. The van der Waals surface area contributed by atoms with E-state index in [0.29, 0.717) is 32.5 Å². The Bertz CT molecular complexity index is 991. The molecule has 28 heavy (non-hydrogen) atoms. The van der Waals surface area contributed by atoms with E-state index in [2.05, 4.69) is 12.2 Å². The number of hydrogen-bond donors (Lipinski definition) is 0. The van der Waals surface area contributed by atoms with Crippen LogP contribution < -0.4 is 4.90 Å².